The van der Waals surface area contributed by atoms with Crippen LogP contribution in [0.3, 0.4) is 0 Å². The lowest BCUT2D eigenvalue weighted by Crippen LogP contribution is -2.29. The largest absolute Gasteiger partial charge is 0.508 e. The molecule has 0 fully saturated rings. The monoisotopic (exact) mass is 389 g/mol. The fraction of sp³-hybridized carbons (Fsp3) is 0.350. The maximum Gasteiger partial charge on any atom is 0.290 e. The van der Waals surface area contributed by atoms with Gasteiger partial charge in [0.2, 0.25) is 6.29 Å². The van der Waals surface area contributed by atoms with Gasteiger partial charge in [0, 0.05) is 29.5 Å². The standard InChI is InChI=1S/C20H23NO5S/c22-9-1-2-10-25-19-13-14(18-4-3-11-27-18)12-17(26-19)20(24)21-15-5-7-16(23)8-6-15/h3-8,11-12,14,19,22-23H,1-2,9-10,13H2,(H,21,24)/t14-,19+/m1/s1. The minimum absolute atomic E-state index is 0.0437. The number of hydrogen-bond acceptors (Lipinski definition) is 6. The van der Waals surface area contributed by atoms with Crippen LogP contribution in [0.5, 0.6) is 5.75 Å². The number of unbranched alkanes of at least 4 members (excludes halogenated alkanes) is 1. The number of aromatic hydroxyl groups is 1. The lowest BCUT2D eigenvalue weighted by atomic mass is 9.99. The fourth-order valence-electron chi connectivity index (χ4n) is 2.79. The average Bonchev–Trinajstić information content (AvgIpc) is 3.22. The molecule has 1 aliphatic rings. The molecule has 2 aromatic rings. The molecule has 2 atom stereocenters. The van der Waals surface area contributed by atoms with Gasteiger partial charge in [0.15, 0.2) is 5.76 Å². The molecule has 0 radical (unpaired) electrons. The third-order valence-electron chi connectivity index (χ3n) is 4.17. The second-order valence-electron chi connectivity index (χ2n) is 6.24. The number of hydrogen-bond donors (Lipinski definition) is 3. The van der Waals surface area contributed by atoms with Crippen LogP contribution in [-0.4, -0.2) is 35.6 Å². The van der Waals surface area contributed by atoms with Crippen LogP contribution in [0.15, 0.2) is 53.6 Å². The number of nitrogens with one attached hydrogen (secondary N) is 1. The Morgan fingerprint density at radius 2 is 2.07 bits per heavy atom. The van der Waals surface area contributed by atoms with Crippen LogP contribution in [0.4, 0.5) is 5.69 Å². The molecule has 0 saturated carbocycles. The van der Waals surface area contributed by atoms with E-state index in [1.54, 1.807) is 23.5 Å². The quantitative estimate of drug-likeness (QED) is 0.474. The van der Waals surface area contributed by atoms with Crippen molar-refractivity contribution in [3.05, 3.63) is 58.5 Å². The third-order valence-corrected chi connectivity index (χ3v) is 5.18. The van der Waals surface area contributed by atoms with Crippen LogP contribution in [0.2, 0.25) is 0 Å². The highest BCUT2D eigenvalue weighted by Crippen LogP contribution is 2.34. The van der Waals surface area contributed by atoms with Crippen molar-refractivity contribution in [1.29, 1.82) is 0 Å². The lowest BCUT2D eigenvalue weighted by molar-refractivity contribution is -0.143. The summed E-state index contributed by atoms with van der Waals surface area (Å²) in [6, 6.07) is 10.3. The van der Waals surface area contributed by atoms with E-state index < -0.39 is 6.29 Å². The van der Waals surface area contributed by atoms with Gasteiger partial charge < -0.3 is 25.0 Å². The molecule has 27 heavy (non-hydrogen) atoms. The molecule has 0 saturated heterocycles. The fourth-order valence-corrected chi connectivity index (χ4v) is 3.60. The molecule has 1 aromatic carbocycles. The Bertz CT molecular complexity index is 757. The number of carbonyl (C=O) groups excluding carboxylic acids is 1. The van der Waals surface area contributed by atoms with Crippen LogP contribution in [0.25, 0.3) is 0 Å². The van der Waals surface area contributed by atoms with Crippen molar-refractivity contribution in [3.63, 3.8) is 0 Å². The Morgan fingerprint density at radius 3 is 2.78 bits per heavy atom. The first-order chi connectivity index (χ1) is 13.2. The molecule has 0 bridgehead atoms. The van der Waals surface area contributed by atoms with Crippen molar-refractivity contribution >= 4 is 22.9 Å². The van der Waals surface area contributed by atoms with Crippen molar-refractivity contribution in [3.8, 4) is 5.75 Å². The summed E-state index contributed by atoms with van der Waals surface area (Å²) >= 11 is 1.63. The maximum absolute atomic E-state index is 12.6. The maximum atomic E-state index is 12.6. The van der Waals surface area contributed by atoms with E-state index in [2.05, 4.69) is 5.32 Å². The van der Waals surface area contributed by atoms with Crippen molar-refractivity contribution in [1.82, 2.24) is 0 Å². The molecule has 0 aliphatic carbocycles. The molecular formula is C20H23NO5S. The van der Waals surface area contributed by atoms with E-state index in [1.165, 1.54) is 12.1 Å². The van der Waals surface area contributed by atoms with Gasteiger partial charge in [-0.2, -0.15) is 0 Å². The highest BCUT2D eigenvalue weighted by Gasteiger charge is 2.29. The molecule has 6 nitrogen and oxygen atoms in total. The Kier molecular flexibility index (Phi) is 6.86. The van der Waals surface area contributed by atoms with Crippen molar-refractivity contribution in [2.45, 2.75) is 31.5 Å². The Balaban J connectivity index is 1.70. The number of aliphatic hydroxyl groups excluding tert-OH is 1. The Labute approximate surface area is 162 Å². The zero-order valence-corrected chi connectivity index (χ0v) is 15.7. The number of ether oxygens (including phenoxy) is 2. The summed E-state index contributed by atoms with van der Waals surface area (Å²) in [5.41, 5.74) is 0.570. The predicted octanol–water partition coefficient (Wildman–Crippen LogP) is 3.60. The highest BCUT2D eigenvalue weighted by molar-refractivity contribution is 7.10. The number of benzene rings is 1. The first kappa shape index (κ1) is 19.4. The molecule has 1 aliphatic heterocycles. The molecule has 144 valence electrons. The smallest absolute Gasteiger partial charge is 0.290 e. The summed E-state index contributed by atoms with van der Waals surface area (Å²) in [6.07, 6.45) is 3.36. The first-order valence-corrected chi connectivity index (χ1v) is 9.78. The number of amides is 1. The van der Waals surface area contributed by atoms with Gasteiger partial charge in [0.25, 0.3) is 5.91 Å². The summed E-state index contributed by atoms with van der Waals surface area (Å²) in [5, 5.41) is 23.0. The summed E-state index contributed by atoms with van der Waals surface area (Å²) in [5.74, 6) is 0.0446. The second kappa shape index (κ2) is 9.55. The molecule has 7 heteroatoms. The van der Waals surface area contributed by atoms with E-state index in [1.807, 2.05) is 23.6 Å². The Hall–Kier alpha value is -2.35. The van der Waals surface area contributed by atoms with Gasteiger partial charge in [-0.15, -0.1) is 11.3 Å². The van der Waals surface area contributed by atoms with E-state index in [4.69, 9.17) is 14.6 Å². The molecule has 2 heterocycles. The van der Waals surface area contributed by atoms with Crippen LogP contribution >= 0.6 is 11.3 Å². The summed E-state index contributed by atoms with van der Waals surface area (Å²) in [7, 11) is 0. The minimum Gasteiger partial charge on any atom is -0.508 e. The number of phenolic OH excluding ortho intramolecular Hbond substituents is 1. The molecule has 1 aromatic heterocycles. The molecule has 3 N–H and O–H groups in total. The van der Waals surface area contributed by atoms with Crippen LogP contribution in [0, 0.1) is 0 Å². The third kappa shape index (κ3) is 5.56. The molecular weight excluding hydrogens is 366 g/mol. The molecule has 0 unspecified atom stereocenters. The van der Waals surface area contributed by atoms with Crippen molar-refractivity contribution in [2.75, 3.05) is 18.5 Å². The van der Waals surface area contributed by atoms with E-state index >= 15 is 0 Å². The minimum atomic E-state index is -0.513. The van der Waals surface area contributed by atoms with E-state index in [0.717, 1.165) is 11.3 Å². The average molecular weight is 389 g/mol. The number of phenols is 1. The van der Waals surface area contributed by atoms with E-state index in [0.29, 0.717) is 25.1 Å². The van der Waals surface area contributed by atoms with E-state index in [-0.39, 0.29) is 29.9 Å². The highest BCUT2D eigenvalue weighted by atomic mass is 32.1. The zero-order chi connectivity index (χ0) is 19.1. The Morgan fingerprint density at radius 1 is 1.26 bits per heavy atom. The SMILES string of the molecule is O=C(Nc1ccc(O)cc1)C1=C[C@@H](c2cccs2)C[C@@H](OCCCCO)O1. The van der Waals surface area contributed by atoms with Gasteiger partial charge >= 0.3 is 0 Å². The van der Waals surface area contributed by atoms with E-state index in [9.17, 15) is 9.90 Å². The second-order valence-corrected chi connectivity index (χ2v) is 7.22. The van der Waals surface area contributed by atoms with Crippen molar-refractivity contribution in [2.24, 2.45) is 0 Å². The normalized spacial score (nSPS) is 19.2. The van der Waals surface area contributed by atoms with Gasteiger partial charge in [0.05, 0.1) is 6.61 Å². The van der Waals surface area contributed by atoms with Crippen LogP contribution in [0.1, 0.15) is 30.1 Å². The predicted molar refractivity (Wildman–Crippen MR) is 104 cm³/mol. The van der Waals surface area contributed by atoms with Gasteiger partial charge in [0.1, 0.15) is 5.75 Å². The number of rotatable bonds is 8. The zero-order valence-electron chi connectivity index (χ0n) is 14.8. The molecule has 3 rings (SSSR count). The molecule has 1 amide bonds. The summed E-state index contributed by atoms with van der Waals surface area (Å²) in [6.45, 7) is 0.599. The first-order valence-electron chi connectivity index (χ1n) is 8.90. The summed E-state index contributed by atoms with van der Waals surface area (Å²) < 4.78 is 11.5. The van der Waals surface area contributed by atoms with Crippen LogP contribution < -0.4 is 5.32 Å². The number of carbonyl (C=O) groups is 1. The van der Waals surface area contributed by atoms with Gasteiger partial charge in [-0.25, -0.2) is 0 Å². The number of allylic oxidation sites excluding steroid dienone is 1. The van der Waals surface area contributed by atoms with Crippen molar-refractivity contribution < 1.29 is 24.5 Å². The summed E-state index contributed by atoms with van der Waals surface area (Å²) in [4.78, 5) is 13.8. The van der Waals surface area contributed by atoms with Gasteiger partial charge in [-0.1, -0.05) is 6.07 Å². The number of anilines is 1. The number of aliphatic hydroxyl groups is 1. The molecule has 0 spiro atoms. The lowest BCUT2D eigenvalue weighted by Gasteiger charge is -2.28. The topological polar surface area (TPSA) is 88.0 Å². The van der Waals surface area contributed by atoms with Gasteiger partial charge in [-0.3, -0.25) is 4.79 Å². The number of thiophene rings is 1. The van der Waals surface area contributed by atoms with Crippen LogP contribution in [-0.2, 0) is 14.3 Å². The van der Waals surface area contributed by atoms with Gasteiger partial charge in [-0.05, 0) is 54.6 Å².